The lowest BCUT2D eigenvalue weighted by atomic mass is 9.98. The van der Waals surface area contributed by atoms with Crippen molar-refractivity contribution in [2.75, 3.05) is 16.2 Å². The zero-order chi connectivity index (χ0) is 24.8. The fourth-order valence-corrected chi connectivity index (χ4v) is 5.78. The normalized spacial score (nSPS) is 15.1. The molecule has 0 radical (unpaired) electrons. The summed E-state index contributed by atoms with van der Waals surface area (Å²) in [5.74, 6) is -0.611. The van der Waals surface area contributed by atoms with Crippen molar-refractivity contribution >= 4 is 33.2 Å². The van der Waals surface area contributed by atoms with Gasteiger partial charge in [-0.15, -0.1) is 0 Å². The molecule has 0 spiro atoms. The Labute approximate surface area is 205 Å². The van der Waals surface area contributed by atoms with Crippen LogP contribution in [0.5, 0.6) is 0 Å². The van der Waals surface area contributed by atoms with Crippen LogP contribution in [0.15, 0.2) is 91.5 Å². The minimum Gasteiger partial charge on any atom is -0.346 e. The van der Waals surface area contributed by atoms with Gasteiger partial charge < -0.3 is 10.6 Å². The first kappa shape index (κ1) is 24.2. The molecular weight excluding hydrogens is 462 g/mol. The number of carbonyl (C=O) groups is 2. The van der Waals surface area contributed by atoms with Crippen molar-refractivity contribution in [3.63, 3.8) is 0 Å². The van der Waals surface area contributed by atoms with Gasteiger partial charge in [0, 0.05) is 12.2 Å². The van der Waals surface area contributed by atoms with Crippen LogP contribution in [0.2, 0.25) is 0 Å². The number of rotatable bonds is 8. The lowest BCUT2D eigenvalue weighted by molar-refractivity contribution is -0.117. The van der Waals surface area contributed by atoms with E-state index in [0.717, 1.165) is 11.1 Å². The van der Waals surface area contributed by atoms with Crippen LogP contribution in [0.25, 0.3) is 0 Å². The zero-order valence-corrected chi connectivity index (χ0v) is 20.0. The fourth-order valence-electron chi connectivity index (χ4n) is 4.16. The molecule has 3 aromatic carbocycles. The highest BCUT2D eigenvalue weighted by Crippen LogP contribution is 2.36. The van der Waals surface area contributed by atoms with Crippen LogP contribution in [-0.2, 0) is 31.8 Å². The van der Waals surface area contributed by atoms with Crippen molar-refractivity contribution in [1.29, 1.82) is 0 Å². The molecule has 4 rings (SSSR count). The number of benzene rings is 3. The third kappa shape index (κ3) is 5.96. The van der Waals surface area contributed by atoms with Gasteiger partial charge in [0.25, 0.3) is 0 Å². The number of sulfonamides is 1. The largest absolute Gasteiger partial charge is 0.346 e. The minimum absolute atomic E-state index is 0.139. The van der Waals surface area contributed by atoms with Gasteiger partial charge in [-0.25, -0.2) is 8.42 Å². The molecule has 0 fully saturated rings. The van der Waals surface area contributed by atoms with Gasteiger partial charge >= 0.3 is 0 Å². The van der Waals surface area contributed by atoms with Gasteiger partial charge in [-0.2, -0.15) is 0 Å². The minimum atomic E-state index is -3.67. The van der Waals surface area contributed by atoms with Gasteiger partial charge in [0.05, 0.1) is 23.9 Å². The first-order valence-electron chi connectivity index (χ1n) is 11.3. The molecule has 1 atom stereocenters. The molecule has 3 aromatic rings. The number of fused-ring (bicyclic) bond motifs is 1. The lowest BCUT2D eigenvalue weighted by Crippen LogP contribution is -2.41. The molecule has 1 aliphatic rings. The molecule has 0 aliphatic carbocycles. The summed E-state index contributed by atoms with van der Waals surface area (Å²) in [6, 6.07) is 23.2. The van der Waals surface area contributed by atoms with Crippen LogP contribution in [0.4, 0.5) is 11.4 Å². The first-order chi connectivity index (χ1) is 16.9. The quantitative estimate of drug-likeness (QED) is 0.469. The van der Waals surface area contributed by atoms with E-state index in [9.17, 15) is 18.0 Å². The maximum Gasteiger partial charge on any atom is 0.243 e. The van der Waals surface area contributed by atoms with E-state index in [1.54, 1.807) is 36.4 Å². The Balaban J connectivity index is 1.44. The van der Waals surface area contributed by atoms with Gasteiger partial charge in [-0.05, 0) is 47.4 Å². The molecule has 1 aliphatic heterocycles. The van der Waals surface area contributed by atoms with Gasteiger partial charge in [0.2, 0.25) is 21.8 Å². The van der Waals surface area contributed by atoms with E-state index in [2.05, 4.69) is 17.2 Å². The summed E-state index contributed by atoms with van der Waals surface area (Å²) in [5, 5.41) is 5.71. The SMILES string of the molecule is C=CC(=O)NC1CCN(S(=O)(=O)Cc2ccc(NC(=O)Cc3ccccc3)cc2)c2ccccc21. The van der Waals surface area contributed by atoms with E-state index >= 15 is 0 Å². The second-order valence-corrected chi connectivity index (χ2v) is 10.2. The van der Waals surface area contributed by atoms with Gasteiger partial charge in [0.1, 0.15) is 0 Å². The Kier molecular flexibility index (Phi) is 7.31. The Hall–Kier alpha value is -3.91. The molecule has 1 unspecified atom stereocenters. The van der Waals surface area contributed by atoms with Crippen LogP contribution < -0.4 is 14.9 Å². The van der Waals surface area contributed by atoms with Gasteiger partial charge in [-0.3, -0.25) is 13.9 Å². The number of hydrogen-bond donors (Lipinski definition) is 2. The van der Waals surface area contributed by atoms with Crippen molar-refractivity contribution < 1.29 is 18.0 Å². The summed E-state index contributed by atoms with van der Waals surface area (Å²) < 4.78 is 28.1. The molecule has 2 N–H and O–H groups in total. The van der Waals surface area contributed by atoms with Crippen LogP contribution in [0.3, 0.4) is 0 Å². The summed E-state index contributed by atoms with van der Waals surface area (Å²) in [6.45, 7) is 3.74. The maximum atomic E-state index is 13.3. The first-order valence-corrected chi connectivity index (χ1v) is 12.9. The van der Waals surface area contributed by atoms with Crippen LogP contribution in [0.1, 0.15) is 29.2 Å². The molecular formula is C27H27N3O4S. The Morgan fingerprint density at radius 2 is 1.63 bits per heavy atom. The molecule has 2 amide bonds. The monoisotopic (exact) mass is 489 g/mol. The van der Waals surface area contributed by atoms with Crippen LogP contribution >= 0.6 is 0 Å². The number of hydrogen-bond acceptors (Lipinski definition) is 4. The van der Waals surface area contributed by atoms with Crippen molar-refractivity contribution in [2.24, 2.45) is 0 Å². The number of amides is 2. The summed E-state index contributed by atoms with van der Waals surface area (Å²) in [5.41, 5.74) is 3.47. The number of anilines is 2. The highest BCUT2D eigenvalue weighted by molar-refractivity contribution is 7.92. The second-order valence-electron chi connectivity index (χ2n) is 8.35. The van der Waals surface area contributed by atoms with E-state index in [-0.39, 0.29) is 36.6 Å². The average molecular weight is 490 g/mol. The van der Waals surface area contributed by atoms with Crippen molar-refractivity contribution in [3.8, 4) is 0 Å². The number of nitrogens with one attached hydrogen (secondary N) is 2. The third-order valence-electron chi connectivity index (χ3n) is 5.83. The molecule has 8 heteroatoms. The van der Waals surface area contributed by atoms with E-state index < -0.39 is 10.0 Å². The van der Waals surface area contributed by atoms with Crippen molar-refractivity contribution in [3.05, 3.63) is 108 Å². The number of nitrogens with zero attached hydrogens (tertiary/aromatic N) is 1. The molecule has 0 saturated carbocycles. The molecule has 0 aromatic heterocycles. The van der Waals surface area contributed by atoms with E-state index in [4.69, 9.17) is 0 Å². The summed E-state index contributed by atoms with van der Waals surface area (Å²) >= 11 is 0. The molecule has 35 heavy (non-hydrogen) atoms. The van der Waals surface area contributed by atoms with E-state index in [1.807, 2.05) is 42.5 Å². The summed E-state index contributed by atoms with van der Waals surface area (Å²) in [4.78, 5) is 24.1. The van der Waals surface area contributed by atoms with Crippen LogP contribution in [0, 0.1) is 0 Å². The van der Waals surface area contributed by atoms with Gasteiger partial charge in [-0.1, -0.05) is 67.2 Å². The van der Waals surface area contributed by atoms with E-state index in [1.165, 1.54) is 10.4 Å². The molecule has 1 heterocycles. The average Bonchev–Trinajstić information content (AvgIpc) is 2.85. The van der Waals surface area contributed by atoms with Crippen LogP contribution in [-0.4, -0.2) is 26.8 Å². The molecule has 0 bridgehead atoms. The van der Waals surface area contributed by atoms with Crippen molar-refractivity contribution in [2.45, 2.75) is 24.6 Å². The number of para-hydroxylation sites is 1. The van der Waals surface area contributed by atoms with Crippen molar-refractivity contribution in [1.82, 2.24) is 5.32 Å². The summed E-state index contributed by atoms with van der Waals surface area (Å²) in [6.07, 6.45) is 1.93. The smallest absolute Gasteiger partial charge is 0.243 e. The number of carbonyl (C=O) groups excluding carboxylic acids is 2. The highest BCUT2D eigenvalue weighted by Gasteiger charge is 2.32. The predicted octanol–water partition coefficient (Wildman–Crippen LogP) is 3.95. The Morgan fingerprint density at radius 3 is 2.34 bits per heavy atom. The highest BCUT2D eigenvalue weighted by atomic mass is 32.2. The second kappa shape index (κ2) is 10.6. The predicted molar refractivity (Wildman–Crippen MR) is 137 cm³/mol. The van der Waals surface area contributed by atoms with Gasteiger partial charge in [0.15, 0.2) is 0 Å². The Morgan fingerprint density at radius 1 is 0.943 bits per heavy atom. The van der Waals surface area contributed by atoms with E-state index in [0.29, 0.717) is 23.4 Å². The standard InChI is InChI=1S/C27H27N3O4S/c1-2-26(31)29-24-16-17-30(25-11-7-6-10-23(24)25)35(33,34)19-21-12-14-22(15-13-21)28-27(32)18-20-8-4-3-5-9-20/h2-15,24H,1,16-19H2,(H,28,32)(H,29,31). The Bertz CT molecular complexity index is 1320. The summed E-state index contributed by atoms with van der Waals surface area (Å²) in [7, 11) is -3.67. The zero-order valence-electron chi connectivity index (χ0n) is 19.2. The lowest BCUT2D eigenvalue weighted by Gasteiger charge is -2.35. The maximum absolute atomic E-state index is 13.3. The fraction of sp³-hybridized carbons (Fsp3) is 0.185. The molecule has 7 nitrogen and oxygen atoms in total. The third-order valence-corrected chi connectivity index (χ3v) is 7.58. The molecule has 0 saturated heterocycles. The molecule has 180 valence electrons. The topological polar surface area (TPSA) is 95.6 Å².